The highest BCUT2D eigenvalue weighted by molar-refractivity contribution is 7.89. The van der Waals surface area contributed by atoms with Crippen molar-refractivity contribution in [2.24, 2.45) is 5.14 Å². The first-order valence-corrected chi connectivity index (χ1v) is 11.0. The summed E-state index contributed by atoms with van der Waals surface area (Å²) in [5.41, 5.74) is 2.36. The van der Waals surface area contributed by atoms with Crippen LogP contribution >= 0.6 is 11.3 Å². The number of aromatic nitrogens is 2. The van der Waals surface area contributed by atoms with Crippen molar-refractivity contribution in [3.05, 3.63) is 46.6 Å². The Hall–Kier alpha value is -2.03. The van der Waals surface area contributed by atoms with Crippen molar-refractivity contribution < 1.29 is 8.42 Å². The third-order valence-corrected chi connectivity index (χ3v) is 6.84. The van der Waals surface area contributed by atoms with Crippen molar-refractivity contribution in [1.82, 2.24) is 9.97 Å². The van der Waals surface area contributed by atoms with Gasteiger partial charge in [0, 0.05) is 11.4 Å². The molecule has 0 aliphatic heterocycles. The van der Waals surface area contributed by atoms with E-state index in [1.165, 1.54) is 41.8 Å². The van der Waals surface area contributed by atoms with Gasteiger partial charge < -0.3 is 5.32 Å². The van der Waals surface area contributed by atoms with Gasteiger partial charge in [0.2, 0.25) is 10.0 Å². The lowest BCUT2D eigenvalue weighted by atomic mass is 10.1. The van der Waals surface area contributed by atoms with Gasteiger partial charge in [-0.1, -0.05) is 18.6 Å². The molecule has 4 rings (SSSR count). The standard InChI is InChI=1S/C18H20N4O2S2/c19-26(23,24)13-8-6-12(7-9-13)10-20-17-16-14-4-2-1-3-5-15(14)25-18(16)22-11-21-17/h6-9,11H,1-5,10H2,(H2,19,23,24)(H,20,21,22). The van der Waals surface area contributed by atoms with Gasteiger partial charge >= 0.3 is 0 Å². The predicted molar refractivity (Wildman–Crippen MR) is 104 cm³/mol. The highest BCUT2D eigenvalue weighted by Gasteiger charge is 2.18. The van der Waals surface area contributed by atoms with E-state index in [0.717, 1.165) is 34.4 Å². The second kappa shape index (κ2) is 6.94. The Morgan fingerprint density at radius 2 is 1.85 bits per heavy atom. The molecular weight excluding hydrogens is 368 g/mol. The average Bonchev–Trinajstić information content (AvgIpc) is 2.82. The highest BCUT2D eigenvalue weighted by Crippen LogP contribution is 2.37. The van der Waals surface area contributed by atoms with Crippen molar-refractivity contribution >= 4 is 37.4 Å². The van der Waals surface area contributed by atoms with Crippen molar-refractivity contribution in [1.29, 1.82) is 0 Å². The smallest absolute Gasteiger partial charge is 0.238 e. The number of rotatable bonds is 4. The molecule has 3 N–H and O–H groups in total. The average molecular weight is 389 g/mol. The zero-order valence-electron chi connectivity index (χ0n) is 14.2. The first kappa shape index (κ1) is 17.4. The van der Waals surface area contributed by atoms with Crippen LogP contribution in [-0.4, -0.2) is 18.4 Å². The fraction of sp³-hybridized carbons (Fsp3) is 0.333. The molecule has 2 heterocycles. The van der Waals surface area contributed by atoms with E-state index in [2.05, 4.69) is 15.3 Å². The maximum Gasteiger partial charge on any atom is 0.238 e. The molecule has 0 fully saturated rings. The van der Waals surface area contributed by atoms with Gasteiger partial charge in [-0.05, 0) is 48.9 Å². The summed E-state index contributed by atoms with van der Waals surface area (Å²) < 4.78 is 22.7. The quantitative estimate of drug-likeness (QED) is 0.669. The number of fused-ring (bicyclic) bond motifs is 3. The van der Waals surface area contributed by atoms with Gasteiger partial charge in [0.25, 0.3) is 0 Å². The Kier molecular flexibility index (Phi) is 4.64. The Morgan fingerprint density at radius 3 is 2.62 bits per heavy atom. The lowest BCUT2D eigenvalue weighted by Gasteiger charge is -2.09. The first-order valence-electron chi connectivity index (χ1n) is 8.63. The van der Waals surface area contributed by atoms with Crippen LogP contribution in [0.4, 0.5) is 5.82 Å². The van der Waals surface area contributed by atoms with Gasteiger partial charge in [-0.15, -0.1) is 11.3 Å². The van der Waals surface area contributed by atoms with E-state index in [-0.39, 0.29) is 4.90 Å². The molecule has 0 atom stereocenters. The largest absolute Gasteiger partial charge is 0.365 e. The summed E-state index contributed by atoms with van der Waals surface area (Å²) in [6.45, 7) is 0.557. The van der Waals surface area contributed by atoms with Crippen molar-refractivity contribution in [3.63, 3.8) is 0 Å². The molecule has 1 aromatic carbocycles. The van der Waals surface area contributed by atoms with Crippen LogP contribution in [0, 0.1) is 0 Å². The summed E-state index contributed by atoms with van der Waals surface area (Å²) in [6.07, 6.45) is 7.54. The number of nitrogens with zero attached hydrogens (tertiary/aromatic N) is 2. The summed E-state index contributed by atoms with van der Waals surface area (Å²) in [5.74, 6) is 0.852. The number of nitrogens with one attached hydrogen (secondary N) is 1. The van der Waals surface area contributed by atoms with Crippen LogP contribution in [0.15, 0.2) is 35.5 Å². The Balaban J connectivity index is 1.60. The third-order valence-electron chi connectivity index (χ3n) is 4.71. The zero-order valence-corrected chi connectivity index (χ0v) is 15.9. The first-order chi connectivity index (χ1) is 12.5. The summed E-state index contributed by atoms with van der Waals surface area (Å²) in [7, 11) is -3.66. The van der Waals surface area contributed by atoms with Crippen LogP contribution in [0.5, 0.6) is 0 Å². The van der Waals surface area contributed by atoms with Crippen LogP contribution < -0.4 is 10.5 Å². The van der Waals surface area contributed by atoms with E-state index in [9.17, 15) is 8.42 Å². The summed E-state index contributed by atoms with van der Waals surface area (Å²) in [6, 6.07) is 6.58. The molecule has 136 valence electrons. The van der Waals surface area contributed by atoms with E-state index < -0.39 is 10.0 Å². The molecule has 8 heteroatoms. The van der Waals surface area contributed by atoms with E-state index >= 15 is 0 Å². The van der Waals surface area contributed by atoms with E-state index in [0.29, 0.717) is 6.54 Å². The Labute approximate surface area is 156 Å². The molecule has 0 unspecified atom stereocenters. The number of hydrogen-bond donors (Lipinski definition) is 2. The fourth-order valence-corrected chi connectivity index (χ4v) is 5.13. The molecular formula is C18H20N4O2S2. The maximum atomic E-state index is 11.4. The second-order valence-corrected chi connectivity index (χ2v) is 9.15. The third kappa shape index (κ3) is 3.44. The van der Waals surface area contributed by atoms with E-state index in [1.54, 1.807) is 29.8 Å². The number of benzene rings is 1. The molecule has 26 heavy (non-hydrogen) atoms. The fourth-order valence-electron chi connectivity index (χ4n) is 3.38. The molecule has 6 nitrogen and oxygen atoms in total. The molecule has 0 saturated carbocycles. The number of sulfonamides is 1. The molecule has 2 aromatic heterocycles. The monoisotopic (exact) mass is 388 g/mol. The number of anilines is 1. The minimum Gasteiger partial charge on any atom is -0.365 e. The summed E-state index contributed by atoms with van der Waals surface area (Å²) in [4.78, 5) is 11.5. The van der Waals surface area contributed by atoms with Crippen LogP contribution in [0.25, 0.3) is 10.2 Å². The number of thiophene rings is 1. The normalized spacial score (nSPS) is 14.8. The molecule has 3 aromatic rings. The maximum absolute atomic E-state index is 11.4. The lowest BCUT2D eigenvalue weighted by Crippen LogP contribution is -2.12. The zero-order chi connectivity index (χ0) is 18.1. The number of hydrogen-bond acceptors (Lipinski definition) is 6. The van der Waals surface area contributed by atoms with E-state index in [1.807, 2.05) is 0 Å². The predicted octanol–water partition coefficient (Wildman–Crippen LogP) is 3.22. The Morgan fingerprint density at radius 1 is 1.08 bits per heavy atom. The van der Waals surface area contributed by atoms with Crippen molar-refractivity contribution in [3.8, 4) is 0 Å². The molecule has 1 aliphatic rings. The number of nitrogens with two attached hydrogens (primary N) is 1. The highest BCUT2D eigenvalue weighted by atomic mass is 32.2. The van der Waals surface area contributed by atoms with Crippen LogP contribution in [-0.2, 0) is 29.4 Å². The van der Waals surface area contributed by atoms with Crippen molar-refractivity contribution in [2.45, 2.75) is 43.5 Å². The Bertz CT molecular complexity index is 1040. The molecule has 0 bridgehead atoms. The number of primary sulfonamides is 1. The van der Waals surface area contributed by atoms with Gasteiger partial charge in [0.05, 0.1) is 10.3 Å². The minimum absolute atomic E-state index is 0.119. The molecule has 0 amide bonds. The SMILES string of the molecule is NS(=O)(=O)c1ccc(CNc2ncnc3sc4c(c23)CCCCC4)cc1. The van der Waals surface area contributed by atoms with Gasteiger partial charge in [-0.2, -0.15) is 0 Å². The number of aryl methyl sites for hydroxylation is 2. The molecule has 0 saturated heterocycles. The van der Waals surface area contributed by atoms with Crippen molar-refractivity contribution in [2.75, 3.05) is 5.32 Å². The summed E-state index contributed by atoms with van der Waals surface area (Å²) >= 11 is 1.78. The summed E-state index contributed by atoms with van der Waals surface area (Å²) in [5, 5.41) is 9.68. The van der Waals surface area contributed by atoms with Gasteiger partial charge in [-0.25, -0.2) is 23.5 Å². The molecule has 0 spiro atoms. The molecule has 0 radical (unpaired) electrons. The second-order valence-electron chi connectivity index (χ2n) is 6.51. The topological polar surface area (TPSA) is 98.0 Å². The minimum atomic E-state index is -3.66. The lowest BCUT2D eigenvalue weighted by molar-refractivity contribution is 0.598. The van der Waals surface area contributed by atoms with Crippen LogP contribution in [0.1, 0.15) is 35.3 Å². The van der Waals surface area contributed by atoms with Gasteiger partial charge in [-0.3, -0.25) is 0 Å². The van der Waals surface area contributed by atoms with E-state index in [4.69, 9.17) is 5.14 Å². The van der Waals surface area contributed by atoms with Crippen LogP contribution in [0.3, 0.4) is 0 Å². The van der Waals surface area contributed by atoms with Crippen LogP contribution in [0.2, 0.25) is 0 Å². The molecule has 1 aliphatic carbocycles. The van der Waals surface area contributed by atoms with Gasteiger partial charge in [0.15, 0.2) is 0 Å². The van der Waals surface area contributed by atoms with Gasteiger partial charge in [0.1, 0.15) is 17.0 Å².